The Bertz CT molecular complexity index is 964. The zero-order valence-electron chi connectivity index (χ0n) is 19.0. The molecule has 3 heterocycles. The number of likely N-dealkylation sites (N-methyl/N-ethyl adjacent to an activating group) is 1. The van der Waals surface area contributed by atoms with Crippen LogP contribution in [0.1, 0.15) is 38.8 Å². The van der Waals surface area contributed by atoms with E-state index in [4.69, 9.17) is 0 Å². The maximum absolute atomic E-state index is 12.2. The zero-order chi connectivity index (χ0) is 24.2. The molecule has 33 heavy (non-hydrogen) atoms. The van der Waals surface area contributed by atoms with Crippen molar-refractivity contribution in [1.82, 2.24) is 15.0 Å². The Labute approximate surface area is 190 Å². The zero-order valence-corrected chi connectivity index (χ0v) is 19.0. The van der Waals surface area contributed by atoms with E-state index in [0.717, 1.165) is 19.0 Å². The smallest absolute Gasteiger partial charge is 0.404 e. The molecule has 1 aliphatic heterocycles. The Morgan fingerprint density at radius 3 is 2.45 bits per heavy atom. The van der Waals surface area contributed by atoms with Crippen molar-refractivity contribution >= 4 is 29.2 Å². The van der Waals surface area contributed by atoms with Crippen molar-refractivity contribution in [2.45, 2.75) is 58.5 Å². The quantitative estimate of drug-likeness (QED) is 0.608. The fourth-order valence-corrected chi connectivity index (χ4v) is 3.42. The van der Waals surface area contributed by atoms with Gasteiger partial charge in [-0.15, -0.1) is 13.2 Å². The Kier molecular flexibility index (Phi) is 7.44. The summed E-state index contributed by atoms with van der Waals surface area (Å²) in [4.78, 5) is 26.3. The molecule has 0 atom stereocenters. The number of aryl methyl sites for hydroxylation is 1. The largest absolute Gasteiger partial charge is 0.573 e. The fraction of sp³-hybridized carbons (Fsp3) is 0.524. The summed E-state index contributed by atoms with van der Waals surface area (Å²) < 4.78 is 40.4. The van der Waals surface area contributed by atoms with E-state index in [1.165, 1.54) is 18.6 Å². The lowest BCUT2D eigenvalue weighted by Crippen LogP contribution is -2.44. The van der Waals surface area contributed by atoms with Gasteiger partial charge in [-0.05, 0) is 31.9 Å². The van der Waals surface area contributed by atoms with Gasteiger partial charge in [-0.1, -0.05) is 20.3 Å². The molecule has 2 aromatic heterocycles. The first-order chi connectivity index (χ1) is 15.6. The summed E-state index contributed by atoms with van der Waals surface area (Å²) in [6, 6.07) is 2.94. The van der Waals surface area contributed by atoms with Crippen LogP contribution in [0, 0.1) is 6.92 Å². The molecule has 1 fully saturated rings. The van der Waals surface area contributed by atoms with Gasteiger partial charge in [0.15, 0.2) is 5.82 Å². The third-order valence-corrected chi connectivity index (χ3v) is 4.87. The summed E-state index contributed by atoms with van der Waals surface area (Å²) in [5, 5.41) is 9.25. The molecule has 0 saturated heterocycles. The number of carbonyl (C=O) groups excluding carboxylic acids is 1. The molecule has 180 valence electrons. The highest BCUT2D eigenvalue weighted by Gasteiger charge is 2.32. The second-order valence-electron chi connectivity index (χ2n) is 8.02. The molecule has 0 aromatic carbocycles. The van der Waals surface area contributed by atoms with Crippen LogP contribution in [-0.2, 0) is 4.79 Å². The second-order valence-corrected chi connectivity index (χ2v) is 8.02. The van der Waals surface area contributed by atoms with Crippen molar-refractivity contribution in [2.75, 3.05) is 34.4 Å². The first-order valence-corrected chi connectivity index (χ1v) is 10.7. The summed E-state index contributed by atoms with van der Waals surface area (Å²) >= 11 is 0. The molecule has 2 aliphatic rings. The third kappa shape index (κ3) is 6.59. The number of anilines is 4. The molecule has 1 aliphatic carbocycles. The van der Waals surface area contributed by atoms with Crippen molar-refractivity contribution in [3.8, 4) is 5.75 Å². The van der Waals surface area contributed by atoms with Gasteiger partial charge in [0.1, 0.15) is 17.3 Å². The second kappa shape index (κ2) is 10.1. The molecular formula is C21H28F3N7O2. The van der Waals surface area contributed by atoms with Gasteiger partial charge in [-0.2, -0.15) is 4.98 Å². The minimum Gasteiger partial charge on any atom is -0.404 e. The van der Waals surface area contributed by atoms with Gasteiger partial charge in [0, 0.05) is 19.1 Å². The van der Waals surface area contributed by atoms with E-state index in [9.17, 15) is 18.0 Å². The number of alkyl halides is 3. The molecule has 0 radical (unpaired) electrons. The normalized spacial score (nSPS) is 19.4. The van der Waals surface area contributed by atoms with E-state index in [-0.39, 0.29) is 30.3 Å². The number of hydrogen-bond acceptors (Lipinski definition) is 8. The molecule has 1 amide bonds. The molecule has 3 N–H and O–H groups in total. The number of aromatic nitrogens is 3. The molecule has 9 nitrogen and oxygen atoms in total. The first kappa shape index (κ1) is 24.3. The van der Waals surface area contributed by atoms with Crippen LogP contribution in [0.15, 0.2) is 18.3 Å². The summed E-state index contributed by atoms with van der Waals surface area (Å²) in [5.74, 6) is 1.18. The van der Waals surface area contributed by atoms with Crippen molar-refractivity contribution in [2.24, 2.45) is 0 Å². The number of nitrogens with one attached hydrogen (secondary N) is 3. The van der Waals surface area contributed by atoms with Gasteiger partial charge in [0.2, 0.25) is 11.9 Å². The third-order valence-electron chi connectivity index (χ3n) is 4.87. The number of rotatable bonds is 5. The van der Waals surface area contributed by atoms with Crippen molar-refractivity contribution in [3.63, 3.8) is 0 Å². The molecule has 12 heteroatoms. The van der Waals surface area contributed by atoms with Crippen LogP contribution in [0.3, 0.4) is 0 Å². The molecule has 1 saturated carbocycles. The van der Waals surface area contributed by atoms with Gasteiger partial charge < -0.3 is 25.6 Å². The highest BCUT2D eigenvalue weighted by molar-refractivity contribution is 6.00. The van der Waals surface area contributed by atoms with Crippen LogP contribution in [0.5, 0.6) is 5.75 Å². The number of carbonyl (C=O) groups is 1. The molecule has 0 unspecified atom stereocenters. The standard InChI is InChI=1S/C18H20F3N7O2.C3H8/c1-9-15-16(28(2)8-14(29)26-15)27-17(23-9)25-11-5-10(6-11)24-13-4-3-12(7-22-13)30-18(19,20)21;1-3-2/h3-4,7,10-11H,5-6,8H2,1-2H3,(H,22,24)(H,26,29)(H,23,25,27);3H2,1-2H3. The predicted molar refractivity (Wildman–Crippen MR) is 120 cm³/mol. The van der Waals surface area contributed by atoms with E-state index < -0.39 is 6.36 Å². The van der Waals surface area contributed by atoms with Crippen LogP contribution < -0.4 is 25.6 Å². The number of hydrogen-bond donors (Lipinski definition) is 3. The predicted octanol–water partition coefficient (Wildman–Crippen LogP) is 3.94. The number of pyridine rings is 1. The van der Waals surface area contributed by atoms with Gasteiger partial charge in [-0.25, -0.2) is 9.97 Å². The van der Waals surface area contributed by atoms with Gasteiger partial charge in [0.25, 0.3) is 0 Å². The van der Waals surface area contributed by atoms with E-state index in [1.54, 1.807) is 11.9 Å². The van der Waals surface area contributed by atoms with E-state index in [0.29, 0.717) is 29.0 Å². The molecule has 0 spiro atoms. The Balaban J connectivity index is 0.000000968. The summed E-state index contributed by atoms with van der Waals surface area (Å²) in [5.41, 5.74) is 1.30. The minimum absolute atomic E-state index is 0.100. The number of amides is 1. The number of nitrogens with zero attached hydrogens (tertiary/aromatic N) is 4. The summed E-state index contributed by atoms with van der Waals surface area (Å²) in [6.07, 6.45) is -0.909. The highest BCUT2D eigenvalue weighted by atomic mass is 19.4. The monoisotopic (exact) mass is 467 g/mol. The maximum atomic E-state index is 12.2. The lowest BCUT2D eigenvalue weighted by Gasteiger charge is -2.37. The number of halogens is 3. The van der Waals surface area contributed by atoms with Gasteiger partial charge in [0.05, 0.1) is 18.4 Å². The van der Waals surface area contributed by atoms with E-state index >= 15 is 0 Å². The van der Waals surface area contributed by atoms with Crippen LogP contribution in [0.4, 0.5) is 36.4 Å². The Morgan fingerprint density at radius 1 is 1.18 bits per heavy atom. The van der Waals surface area contributed by atoms with Crippen LogP contribution >= 0.6 is 0 Å². The van der Waals surface area contributed by atoms with Crippen LogP contribution in [0.25, 0.3) is 0 Å². The maximum Gasteiger partial charge on any atom is 0.573 e. The molecule has 4 rings (SSSR count). The van der Waals surface area contributed by atoms with E-state index in [1.807, 2.05) is 6.92 Å². The SMILES string of the molecule is CCC.Cc1nc(NC2CC(Nc3ccc(OC(F)(F)F)cn3)C2)nc2c1NC(=O)CN2C. The molecule has 0 bridgehead atoms. The Hall–Kier alpha value is -3.31. The number of fused-ring (bicyclic) bond motifs is 1. The van der Waals surface area contributed by atoms with Gasteiger partial charge >= 0.3 is 6.36 Å². The summed E-state index contributed by atoms with van der Waals surface area (Å²) in [7, 11) is 1.80. The first-order valence-electron chi connectivity index (χ1n) is 10.7. The lowest BCUT2D eigenvalue weighted by molar-refractivity contribution is -0.274. The summed E-state index contributed by atoms with van der Waals surface area (Å²) in [6.45, 7) is 6.30. The van der Waals surface area contributed by atoms with Crippen molar-refractivity contribution in [1.29, 1.82) is 0 Å². The average molecular weight is 467 g/mol. The lowest BCUT2D eigenvalue weighted by atomic mass is 9.87. The van der Waals surface area contributed by atoms with Gasteiger partial charge in [-0.3, -0.25) is 4.79 Å². The van der Waals surface area contributed by atoms with Crippen LogP contribution in [-0.4, -0.2) is 52.9 Å². The average Bonchev–Trinajstić information content (AvgIpc) is 2.68. The number of ether oxygens (including phenoxy) is 1. The van der Waals surface area contributed by atoms with Crippen molar-refractivity contribution < 1.29 is 22.7 Å². The van der Waals surface area contributed by atoms with E-state index in [2.05, 4.69) is 49.5 Å². The molecule has 2 aromatic rings. The topological polar surface area (TPSA) is 104 Å². The van der Waals surface area contributed by atoms with Crippen molar-refractivity contribution in [3.05, 3.63) is 24.0 Å². The Morgan fingerprint density at radius 2 is 1.85 bits per heavy atom. The highest BCUT2D eigenvalue weighted by Crippen LogP contribution is 2.32. The molecular weight excluding hydrogens is 439 g/mol. The van der Waals surface area contributed by atoms with Crippen LogP contribution in [0.2, 0.25) is 0 Å². The fourth-order valence-electron chi connectivity index (χ4n) is 3.42. The minimum atomic E-state index is -4.74.